The third kappa shape index (κ3) is 11.6. The second-order valence-electron chi connectivity index (χ2n) is 11.6. The van der Waals surface area contributed by atoms with E-state index in [2.05, 4.69) is 16.1 Å². The fraction of sp³-hybridized carbons (Fsp3) is 0.515. The van der Waals surface area contributed by atoms with E-state index >= 15 is 0 Å². The van der Waals surface area contributed by atoms with Gasteiger partial charge in [0, 0.05) is 19.1 Å². The van der Waals surface area contributed by atoms with Crippen LogP contribution < -0.4 is 21.8 Å². The summed E-state index contributed by atoms with van der Waals surface area (Å²) in [5, 5.41) is 28.1. The van der Waals surface area contributed by atoms with Gasteiger partial charge in [0.15, 0.2) is 5.78 Å². The molecule has 0 aliphatic rings. The highest BCUT2D eigenvalue weighted by molar-refractivity contribution is 5.90. The molecule has 3 amide bonds. The van der Waals surface area contributed by atoms with E-state index in [9.17, 15) is 29.4 Å². The molecule has 0 aliphatic heterocycles. The Hall–Kier alpha value is -4.20. The summed E-state index contributed by atoms with van der Waals surface area (Å²) in [5.41, 5.74) is 10.7. The molecule has 2 aromatic carbocycles. The van der Waals surface area contributed by atoms with Gasteiger partial charge in [-0.3, -0.25) is 15.0 Å². The third-order valence-corrected chi connectivity index (χ3v) is 7.32. The van der Waals surface area contributed by atoms with Crippen molar-refractivity contribution < 1.29 is 38.9 Å². The topological polar surface area (TPSA) is 193 Å². The summed E-state index contributed by atoms with van der Waals surface area (Å²) in [6.45, 7) is 10.3. The lowest BCUT2D eigenvalue weighted by Gasteiger charge is -2.35. The Morgan fingerprint density at radius 3 is 1.85 bits per heavy atom. The quantitative estimate of drug-likeness (QED) is 0.140. The van der Waals surface area contributed by atoms with Gasteiger partial charge in [-0.05, 0) is 48.9 Å². The van der Waals surface area contributed by atoms with Gasteiger partial charge in [0.25, 0.3) is 5.91 Å². The molecule has 0 heterocycles. The van der Waals surface area contributed by atoms with Crippen LogP contribution in [0.4, 0.5) is 9.59 Å². The number of aliphatic hydroxyl groups excluding tert-OH is 1. The van der Waals surface area contributed by atoms with Crippen LogP contribution in [0.25, 0.3) is 0 Å². The van der Waals surface area contributed by atoms with Gasteiger partial charge in [-0.1, -0.05) is 70.2 Å². The van der Waals surface area contributed by atoms with Crippen LogP contribution in [0.3, 0.4) is 0 Å². The van der Waals surface area contributed by atoms with Crippen LogP contribution in [0.1, 0.15) is 58.7 Å². The van der Waals surface area contributed by atoms with Crippen molar-refractivity contribution in [2.45, 2.75) is 72.3 Å². The molecule has 0 fully saturated rings. The Bertz CT molecular complexity index is 1260. The van der Waals surface area contributed by atoms with E-state index in [0.717, 1.165) is 0 Å². The zero-order valence-corrected chi connectivity index (χ0v) is 27.4. The molecule has 0 aliphatic carbocycles. The number of hydrazine groups is 1. The van der Waals surface area contributed by atoms with E-state index in [0.29, 0.717) is 11.1 Å². The molecule has 254 valence electrons. The number of benzene rings is 2. The Morgan fingerprint density at radius 2 is 1.35 bits per heavy atom. The smallest absolute Gasteiger partial charge is 0.407 e. The normalized spacial score (nSPS) is 14.6. The van der Waals surface area contributed by atoms with Gasteiger partial charge < -0.3 is 36.1 Å². The average Bonchev–Trinajstić information content (AvgIpc) is 3.00. The van der Waals surface area contributed by atoms with Crippen molar-refractivity contribution >= 4 is 23.9 Å². The molecule has 46 heavy (non-hydrogen) atoms. The van der Waals surface area contributed by atoms with Crippen LogP contribution >= 0.6 is 0 Å². The number of hydrogen-bond donors (Lipinski definition) is 6. The molecule has 2 rings (SSSR count). The van der Waals surface area contributed by atoms with Gasteiger partial charge in [-0.25, -0.2) is 14.6 Å². The molecular formula is C33H49N5O8. The summed E-state index contributed by atoms with van der Waals surface area (Å²) in [5.74, 6) is -2.96. The summed E-state index contributed by atoms with van der Waals surface area (Å²) in [6.07, 6.45) is -2.97. The highest BCUT2D eigenvalue weighted by Gasteiger charge is 2.40. The summed E-state index contributed by atoms with van der Waals surface area (Å²) in [7, 11) is 0. The molecule has 0 saturated carbocycles. The predicted molar refractivity (Wildman–Crippen MR) is 172 cm³/mol. The first-order chi connectivity index (χ1) is 21.8. The summed E-state index contributed by atoms with van der Waals surface area (Å²) in [6, 6.07) is 12.1. The molecule has 13 heteroatoms. The fourth-order valence-electron chi connectivity index (χ4n) is 4.93. The molecule has 0 spiro atoms. The maximum atomic E-state index is 14.2. The van der Waals surface area contributed by atoms with Crippen molar-refractivity contribution in [2.24, 2.45) is 23.5 Å². The predicted octanol–water partition coefficient (Wildman–Crippen LogP) is 3.01. The van der Waals surface area contributed by atoms with E-state index < -0.39 is 54.0 Å². The largest absolute Gasteiger partial charge is 0.508 e. The minimum absolute atomic E-state index is 0.0474. The van der Waals surface area contributed by atoms with Crippen molar-refractivity contribution in [1.29, 1.82) is 0 Å². The first-order valence-electron chi connectivity index (χ1n) is 15.5. The Morgan fingerprint density at radius 1 is 0.826 bits per heavy atom. The standard InChI is InChI=1S/C33H49N5O8/c1-7-45-32(43)35-28(20(3)4)30(41)26(27(34)23-12-10-9-11-13-23)25(40)19-38(18-22-14-16-24(39)17-15-22)37-31(42)29(21(5)6)36-33(44)46-8-2/h9-17,20-21,25-29,39-40H,7-8,18-19,34H2,1-6H3,(H,35,43)(H,36,44)(H,37,42)/t25-,26?,27?,28-,29-/m0/s1. The number of aliphatic hydroxyl groups is 1. The lowest BCUT2D eigenvalue weighted by atomic mass is 9.80. The highest BCUT2D eigenvalue weighted by Crippen LogP contribution is 2.27. The molecule has 2 unspecified atom stereocenters. The number of nitrogens with two attached hydrogens (primary N) is 1. The molecule has 0 saturated heterocycles. The minimum Gasteiger partial charge on any atom is -0.508 e. The number of carbonyl (C=O) groups excluding carboxylic acids is 4. The van der Waals surface area contributed by atoms with Crippen LogP contribution in [0.2, 0.25) is 0 Å². The first-order valence-corrected chi connectivity index (χ1v) is 15.5. The minimum atomic E-state index is -1.44. The number of phenols is 1. The van der Waals surface area contributed by atoms with Gasteiger partial charge in [-0.2, -0.15) is 0 Å². The molecule has 5 atom stereocenters. The van der Waals surface area contributed by atoms with Gasteiger partial charge >= 0.3 is 12.2 Å². The summed E-state index contributed by atoms with van der Waals surface area (Å²) in [4.78, 5) is 52.2. The number of alkyl carbamates (subject to hydrolysis) is 2. The van der Waals surface area contributed by atoms with Crippen molar-refractivity contribution in [1.82, 2.24) is 21.1 Å². The van der Waals surface area contributed by atoms with Gasteiger partial charge in [0.1, 0.15) is 11.8 Å². The van der Waals surface area contributed by atoms with E-state index in [1.807, 2.05) is 0 Å². The number of ether oxygens (including phenoxy) is 2. The number of hydrogen-bond acceptors (Lipinski definition) is 10. The lowest BCUT2D eigenvalue weighted by Crippen LogP contribution is -2.57. The molecule has 0 aromatic heterocycles. The molecule has 13 nitrogen and oxygen atoms in total. The van der Waals surface area contributed by atoms with E-state index in [1.54, 1.807) is 84.0 Å². The Labute approximate surface area is 270 Å². The van der Waals surface area contributed by atoms with Gasteiger partial charge in [0.05, 0.1) is 31.3 Å². The average molecular weight is 644 g/mol. The molecular weight excluding hydrogens is 594 g/mol. The second kappa shape index (κ2) is 18.7. The van der Waals surface area contributed by atoms with Crippen LogP contribution in [-0.2, 0) is 25.6 Å². The number of ketones is 1. The maximum Gasteiger partial charge on any atom is 0.407 e. The lowest BCUT2D eigenvalue weighted by molar-refractivity contribution is -0.133. The number of Topliss-reactive ketones (excluding diaryl/α,β-unsaturated/α-hetero) is 1. The second-order valence-corrected chi connectivity index (χ2v) is 11.6. The van der Waals surface area contributed by atoms with Crippen LogP contribution in [0.5, 0.6) is 5.75 Å². The van der Waals surface area contributed by atoms with Gasteiger partial charge in [0.2, 0.25) is 0 Å². The monoisotopic (exact) mass is 643 g/mol. The third-order valence-electron chi connectivity index (χ3n) is 7.32. The molecule has 0 bridgehead atoms. The van der Waals surface area contributed by atoms with E-state index in [4.69, 9.17) is 15.2 Å². The number of phenolic OH excluding ortho intramolecular Hbond substituents is 1. The molecule has 0 radical (unpaired) electrons. The van der Waals surface area contributed by atoms with Crippen molar-refractivity contribution in [3.63, 3.8) is 0 Å². The van der Waals surface area contributed by atoms with Gasteiger partial charge in [-0.15, -0.1) is 0 Å². The number of amides is 3. The maximum absolute atomic E-state index is 14.2. The highest BCUT2D eigenvalue weighted by atomic mass is 16.6. The van der Waals surface area contributed by atoms with Crippen molar-refractivity contribution in [3.8, 4) is 5.75 Å². The Balaban J connectivity index is 2.48. The number of nitrogens with zero attached hydrogens (tertiary/aromatic N) is 1. The van der Waals surface area contributed by atoms with Crippen molar-refractivity contribution in [2.75, 3.05) is 19.8 Å². The van der Waals surface area contributed by atoms with E-state index in [1.165, 1.54) is 17.1 Å². The fourth-order valence-corrected chi connectivity index (χ4v) is 4.93. The molecule has 2 aromatic rings. The Kier molecular flexibility index (Phi) is 15.4. The first kappa shape index (κ1) is 38.0. The number of rotatable bonds is 17. The zero-order chi connectivity index (χ0) is 34.4. The van der Waals surface area contributed by atoms with Crippen molar-refractivity contribution in [3.05, 3.63) is 65.7 Å². The number of carbonyl (C=O) groups is 4. The number of nitrogens with one attached hydrogen (secondary N) is 3. The number of aromatic hydroxyl groups is 1. The van der Waals surface area contributed by atoms with Crippen LogP contribution in [-0.4, -0.2) is 77.0 Å². The van der Waals surface area contributed by atoms with Crippen LogP contribution in [0.15, 0.2) is 54.6 Å². The molecule has 7 N–H and O–H groups in total. The summed E-state index contributed by atoms with van der Waals surface area (Å²) < 4.78 is 9.98. The summed E-state index contributed by atoms with van der Waals surface area (Å²) >= 11 is 0. The SMILES string of the molecule is CCOC(=O)N[C@H](C(=O)NN(Cc1ccc(O)cc1)C[C@H](O)C(C(=O)[C@@H](NC(=O)OCC)C(C)C)C(N)c1ccccc1)C(C)C. The van der Waals surface area contributed by atoms with E-state index in [-0.39, 0.29) is 43.9 Å². The van der Waals surface area contributed by atoms with Crippen LogP contribution in [0, 0.1) is 17.8 Å². The zero-order valence-electron chi connectivity index (χ0n) is 27.4.